The van der Waals surface area contributed by atoms with Gasteiger partial charge in [0.1, 0.15) is 5.01 Å². The molecule has 1 saturated carbocycles. The van der Waals surface area contributed by atoms with Crippen LogP contribution in [0.3, 0.4) is 0 Å². The van der Waals surface area contributed by atoms with Crippen molar-refractivity contribution in [1.82, 2.24) is 10.3 Å². The van der Waals surface area contributed by atoms with Gasteiger partial charge in [-0.2, -0.15) is 11.8 Å². The highest BCUT2D eigenvalue weighted by molar-refractivity contribution is 7.99. The molecule has 2 heterocycles. The summed E-state index contributed by atoms with van der Waals surface area (Å²) in [5.41, 5.74) is 1.44. The van der Waals surface area contributed by atoms with Gasteiger partial charge in [-0.1, -0.05) is 6.92 Å². The Kier molecular flexibility index (Phi) is 4.27. The van der Waals surface area contributed by atoms with Crippen molar-refractivity contribution >= 4 is 23.1 Å². The van der Waals surface area contributed by atoms with Crippen LogP contribution in [0, 0.1) is 0 Å². The molecule has 3 rings (SSSR count). The van der Waals surface area contributed by atoms with Crippen molar-refractivity contribution < 1.29 is 0 Å². The maximum atomic E-state index is 4.99. The molecule has 0 spiro atoms. The number of thiazole rings is 1. The third-order valence-corrected chi connectivity index (χ3v) is 6.35. The molecule has 2 nitrogen and oxygen atoms in total. The summed E-state index contributed by atoms with van der Waals surface area (Å²) < 4.78 is 0. The fourth-order valence-corrected chi connectivity index (χ4v) is 5.11. The van der Waals surface area contributed by atoms with E-state index < -0.39 is 0 Å². The number of hydrogen-bond donors (Lipinski definition) is 1. The van der Waals surface area contributed by atoms with Crippen molar-refractivity contribution in [3.8, 4) is 0 Å². The summed E-state index contributed by atoms with van der Waals surface area (Å²) >= 11 is 4.09. The zero-order chi connectivity index (χ0) is 12.4. The Morgan fingerprint density at radius 3 is 2.89 bits per heavy atom. The molecule has 1 atom stereocenters. The topological polar surface area (TPSA) is 24.9 Å². The van der Waals surface area contributed by atoms with Crippen LogP contribution < -0.4 is 5.32 Å². The number of hydrogen-bond acceptors (Lipinski definition) is 4. The average molecular weight is 282 g/mol. The summed E-state index contributed by atoms with van der Waals surface area (Å²) in [6.45, 7) is 4.38. The monoisotopic (exact) mass is 282 g/mol. The van der Waals surface area contributed by atoms with E-state index in [1.807, 2.05) is 11.3 Å². The molecule has 1 aliphatic heterocycles. The van der Waals surface area contributed by atoms with E-state index in [1.165, 1.54) is 53.4 Å². The zero-order valence-electron chi connectivity index (χ0n) is 11.1. The van der Waals surface area contributed by atoms with Gasteiger partial charge in [0.05, 0.1) is 10.9 Å². The second-order valence-corrected chi connectivity index (χ2v) is 7.74. The lowest BCUT2D eigenvalue weighted by molar-refractivity contribution is 0.676. The number of rotatable bonds is 6. The van der Waals surface area contributed by atoms with Crippen LogP contribution in [0.1, 0.15) is 65.8 Å². The molecule has 1 saturated heterocycles. The maximum Gasteiger partial charge on any atom is 0.106 e. The first-order chi connectivity index (χ1) is 8.88. The number of thioether (sulfide) groups is 1. The Morgan fingerprint density at radius 2 is 2.22 bits per heavy atom. The lowest BCUT2D eigenvalue weighted by Gasteiger charge is -2.02. The van der Waals surface area contributed by atoms with Crippen LogP contribution in [0.25, 0.3) is 0 Å². The first kappa shape index (κ1) is 12.9. The quantitative estimate of drug-likeness (QED) is 0.796. The minimum atomic E-state index is 0.701. The molecular formula is C14H22N2S2. The molecule has 1 aromatic heterocycles. The van der Waals surface area contributed by atoms with Gasteiger partial charge in [0, 0.05) is 17.3 Å². The van der Waals surface area contributed by atoms with Crippen LogP contribution in [0.2, 0.25) is 0 Å². The smallest absolute Gasteiger partial charge is 0.106 e. The highest BCUT2D eigenvalue weighted by Gasteiger charge is 2.31. The normalized spacial score (nSPS) is 23.7. The Hall–Kier alpha value is -0.0600. The second kappa shape index (κ2) is 5.93. The molecule has 1 unspecified atom stereocenters. The van der Waals surface area contributed by atoms with Gasteiger partial charge >= 0.3 is 0 Å². The molecule has 0 radical (unpaired) electrons. The second-order valence-electron chi connectivity index (χ2n) is 5.31. The summed E-state index contributed by atoms with van der Waals surface area (Å²) in [5.74, 6) is 2.12. The van der Waals surface area contributed by atoms with E-state index in [4.69, 9.17) is 4.98 Å². The van der Waals surface area contributed by atoms with E-state index in [-0.39, 0.29) is 0 Å². The first-order valence-corrected chi connectivity index (χ1v) is 9.06. The van der Waals surface area contributed by atoms with Crippen LogP contribution in [-0.4, -0.2) is 17.3 Å². The van der Waals surface area contributed by atoms with Crippen LogP contribution in [-0.2, 0) is 6.54 Å². The minimum absolute atomic E-state index is 0.701. The van der Waals surface area contributed by atoms with Crippen molar-refractivity contribution in [2.75, 3.05) is 12.3 Å². The Morgan fingerprint density at radius 1 is 1.33 bits per heavy atom. The van der Waals surface area contributed by atoms with Crippen molar-refractivity contribution in [2.24, 2.45) is 0 Å². The van der Waals surface area contributed by atoms with Crippen LogP contribution in [0.15, 0.2) is 0 Å². The number of nitrogens with one attached hydrogen (secondary N) is 1. The van der Waals surface area contributed by atoms with Crippen molar-refractivity contribution in [1.29, 1.82) is 0 Å². The fraction of sp³-hybridized carbons (Fsp3) is 0.786. The third kappa shape index (κ3) is 2.91. The van der Waals surface area contributed by atoms with Gasteiger partial charge in [-0.25, -0.2) is 4.98 Å². The van der Waals surface area contributed by atoms with Crippen molar-refractivity contribution in [2.45, 2.75) is 56.7 Å². The van der Waals surface area contributed by atoms with Gasteiger partial charge in [-0.05, 0) is 44.4 Å². The largest absolute Gasteiger partial charge is 0.312 e. The van der Waals surface area contributed by atoms with Gasteiger partial charge in [0.2, 0.25) is 0 Å². The van der Waals surface area contributed by atoms with Gasteiger partial charge in [0.15, 0.2) is 0 Å². The standard InChI is InChI=1S/C14H22N2S2/c1-2-7-15-9-12-13(10-5-6-10)16-14(18-12)11-4-3-8-17-11/h10-11,15H,2-9H2,1H3. The van der Waals surface area contributed by atoms with Crippen molar-refractivity contribution in [3.05, 3.63) is 15.6 Å². The molecule has 4 heteroatoms. The van der Waals surface area contributed by atoms with E-state index in [0.717, 1.165) is 19.0 Å². The Bertz CT molecular complexity index is 392. The third-order valence-electron chi connectivity index (χ3n) is 3.63. The lowest BCUT2D eigenvalue weighted by atomic mass is 10.2. The highest BCUT2D eigenvalue weighted by Crippen LogP contribution is 2.47. The molecule has 1 aromatic rings. The van der Waals surface area contributed by atoms with Crippen LogP contribution in [0.4, 0.5) is 0 Å². The minimum Gasteiger partial charge on any atom is -0.312 e. The summed E-state index contributed by atoms with van der Waals surface area (Å²) in [4.78, 5) is 6.51. The van der Waals surface area contributed by atoms with Gasteiger partial charge in [-0.15, -0.1) is 11.3 Å². The van der Waals surface area contributed by atoms with Crippen molar-refractivity contribution in [3.63, 3.8) is 0 Å². The predicted molar refractivity (Wildman–Crippen MR) is 80.5 cm³/mol. The van der Waals surface area contributed by atoms with Crippen LogP contribution in [0.5, 0.6) is 0 Å². The molecule has 18 heavy (non-hydrogen) atoms. The fourth-order valence-electron chi connectivity index (χ4n) is 2.47. The lowest BCUT2D eigenvalue weighted by Crippen LogP contribution is -2.13. The molecule has 100 valence electrons. The molecule has 2 fully saturated rings. The number of nitrogens with zero attached hydrogens (tertiary/aromatic N) is 1. The summed E-state index contributed by atoms with van der Waals surface area (Å²) in [7, 11) is 0. The Balaban J connectivity index is 1.73. The maximum absolute atomic E-state index is 4.99. The van der Waals surface area contributed by atoms with E-state index in [1.54, 1.807) is 0 Å². The molecular weight excluding hydrogens is 260 g/mol. The zero-order valence-corrected chi connectivity index (χ0v) is 12.7. The predicted octanol–water partition coefficient (Wildman–Crippen LogP) is 4.09. The number of aromatic nitrogens is 1. The molecule has 0 bridgehead atoms. The van der Waals surface area contributed by atoms with Crippen LogP contribution >= 0.6 is 23.1 Å². The van der Waals surface area contributed by atoms with E-state index in [0.29, 0.717) is 5.25 Å². The van der Waals surface area contributed by atoms with E-state index >= 15 is 0 Å². The first-order valence-electron chi connectivity index (χ1n) is 7.20. The van der Waals surface area contributed by atoms with Gasteiger partial charge in [0.25, 0.3) is 0 Å². The summed E-state index contributed by atoms with van der Waals surface area (Å²) in [5, 5.41) is 5.65. The summed E-state index contributed by atoms with van der Waals surface area (Å²) in [6.07, 6.45) is 6.65. The van der Waals surface area contributed by atoms with Gasteiger partial charge in [-0.3, -0.25) is 0 Å². The van der Waals surface area contributed by atoms with Gasteiger partial charge < -0.3 is 5.32 Å². The van der Waals surface area contributed by atoms with E-state index in [2.05, 4.69) is 24.0 Å². The van der Waals surface area contributed by atoms with E-state index in [9.17, 15) is 0 Å². The molecule has 1 aliphatic carbocycles. The average Bonchev–Trinajstić information content (AvgIpc) is 2.93. The Labute approximate surface area is 118 Å². The SMILES string of the molecule is CCCNCc1sc(C2CCCS2)nc1C1CC1. The highest BCUT2D eigenvalue weighted by atomic mass is 32.2. The molecule has 2 aliphatic rings. The molecule has 0 aromatic carbocycles. The summed E-state index contributed by atoms with van der Waals surface area (Å²) in [6, 6.07) is 0. The molecule has 0 amide bonds. The molecule has 1 N–H and O–H groups in total.